The number of carbonyl (C=O) groups is 3. The van der Waals surface area contributed by atoms with E-state index in [0.717, 1.165) is 11.1 Å². The molecule has 1 N–H and O–H groups in total. The highest BCUT2D eigenvalue weighted by atomic mass is 32.2. The second-order valence-corrected chi connectivity index (χ2v) is 9.47. The van der Waals surface area contributed by atoms with Crippen LogP contribution in [0.3, 0.4) is 0 Å². The maximum atomic E-state index is 13.4. The van der Waals surface area contributed by atoms with Gasteiger partial charge in [-0.05, 0) is 38.0 Å². The summed E-state index contributed by atoms with van der Waals surface area (Å²) in [4.78, 5) is 40.0. The van der Waals surface area contributed by atoms with Gasteiger partial charge in [0.05, 0.1) is 5.56 Å². The van der Waals surface area contributed by atoms with Crippen molar-refractivity contribution in [2.45, 2.75) is 44.7 Å². The van der Waals surface area contributed by atoms with E-state index in [-0.39, 0.29) is 22.9 Å². The lowest BCUT2D eigenvalue weighted by Gasteiger charge is -2.31. The summed E-state index contributed by atoms with van der Waals surface area (Å²) in [6.07, 6.45) is 0.338. The molecule has 9 heteroatoms. The molecule has 2 aromatic rings. The Morgan fingerprint density at radius 1 is 1.06 bits per heavy atom. The number of rotatable bonds is 8. The summed E-state index contributed by atoms with van der Waals surface area (Å²) in [7, 11) is -4.13. The van der Waals surface area contributed by atoms with Crippen LogP contribution in [-0.2, 0) is 26.2 Å². The fourth-order valence-corrected chi connectivity index (χ4v) is 5.22. The van der Waals surface area contributed by atoms with Gasteiger partial charge in [0.15, 0.2) is 0 Å². The van der Waals surface area contributed by atoms with E-state index in [1.165, 1.54) is 23.1 Å². The molecular formula is C23H27N3O5S. The number of likely N-dealkylation sites (N-methyl/N-ethyl adjacent to an activating group) is 1. The van der Waals surface area contributed by atoms with Crippen LogP contribution in [0.1, 0.15) is 41.8 Å². The molecule has 2 aromatic carbocycles. The lowest BCUT2D eigenvalue weighted by Crippen LogP contribution is -2.52. The molecule has 3 amide bonds. The molecule has 8 nitrogen and oxygen atoms in total. The van der Waals surface area contributed by atoms with Gasteiger partial charge in [0.1, 0.15) is 17.5 Å². The Kier molecular flexibility index (Phi) is 6.98. The minimum atomic E-state index is -4.13. The first-order chi connectivity index (χ1) is 15.2. The van der Waals surface area contributed by atoms with Gasteiger partial charge >= 0.3 is 0 Å². The molecule has 3 rings (SSSR count). The summed E-state index contributed by atoms with van der Waals surface area (Å²) in [5.41, 5.74) is 1.89. The number of hydrogen-bond acceptors (Lipinski definition) is 5. The molecule has 0 spiro atoms. The minimum Gasteiger partial charge on any atom is -0.355 e. The summed E-state index contributed by atoms with van der Waals surface area (Å²) in [6.45, 7) is 5.35. The maximum absolute atomic E-state index is 13.4. The topological polar surface area (TPSA) is 104 Å². The average Bonchev–Trinajstić information content (AvgIpc) is 2.96. The fourth-order valence-electron chi connectivity index (χ4n) is 3.70. The zero-order valence-electron chi connectivity index (χ0n) is 18.4. The van der Waals surface area contributed by atoms with Crippen LogP contribution in [0.5, 0.6) is 0 Å². The number of carbonyl (C=O) groups excluding carboxylic acids is 3. The van der Waals surface area contributed by atoms with E-state index >= 15 is 0 Å². The third kappa shape index (κ3) is 4.52. The Labute approximate surface area is 188 Å². The number of benzene rings is 2. The van der Waals surface area contributed by atoms with Crippen LogP contribution >= 0.6 is 0 Å². The first-order valence-corrected chi connectivity index (χ1v) is 11.9. The Hall–Kier alpha value is -3.20. The van der Waals surface area contributed by atoms with Gasteiger partial charge in [-0.3, -0.25) is 14.4 Å². The lowest BCUT2D eigenvalue weighted by atomic mass is 10.1. The second-order valence-electron chi connectivity index (χ2n) is 7.64. The van der Waals surface area contributed by atoms with Gasteiger partial charge in [-0.1, -0.05) is 48.9 Å². The highest BCUT2D eigenvalue weighted by molar-refractivity contribution is 7.90. The third-order valence-electron chi connectivity index (χ3n) is 5.40. The van der Waals surface area contributed by atoms with Gasteiger partial charge < -0.3 is 10.2 Å². The Morgan fingerprint density at radius 3 is 2.31 bits per heavy atom. The highest BCUT2D eigenvalue weighted by Gasteiger charge is 2.43. The van der Waals surface area contributed by atoms with E-state index < -0.39 is 34.4 Å². The van der Waals surface area contributed by atoms with Gasteiger partial charge in [-0.15, -0.1) is 0 Å². The van der Waals surface area contributed by atoms with Crippen LogP contribution in [0.25, 0.3) is 0 Å². The van der Waals surface area contributed by atoms with E-state index in [4.69, 9.17) is 0 Å². The second kappa shape index (κ2) is 9.52. The molecule has 0 fully saturated rings. The van der Waals surface area contributed by atoms with Crippen molar-refractivity contribution in [2.24, 2.45) is 0 Å². The van der Waals surface area contributed by atoms with Crippen LogP contribution < -0.4 is 5.32 Å². The molecule has 0 aliphatic carbocycles. The SMILES string of the molecule is CCNC(=O)C(CC)N(Cc1ccc(C)cc1)C(=O)CN1C(=O)c2ccccc2S1(=O)=O. The third-order valence-corrected chi connectivity index (χ3v) is 7.19. The van der Waals surface area contributed by atoms with Gasteiger partial charge in [0.2, 0.25) is 11.8 Å². The molecule has 1 aliphatic heterocycles. The van der Waals surface area contributed by atoms with Crippen LogP contribution in [0.15, 0.2) is 53.4 Å². The van der Waals surface area contributed by atoms with Crippen molar-refractivity contribution in [3.63, 3.8) is 0 Å². The monoisotopic (exact) mass is 457 g/mol. The largest absolute Gasteiger partial charge is 0.355 e. The van der Waals surface area contributed by atoms with Crippen LogP contribution in [0.4, 0.5) is 0 Å². The maximum Gasteiger partial charge on any atom is 0.269 e. The minimum absolute atomic E-state index is 0.0427. The van der Waals surface area contributed by atoms with Crippen LogP contribution in [-0.4, -0.2) is 54.5 Å². The quantitative estimate of drug-likeness (QED) is 0.654. The summed E-state index contributed by atoms with van der Waals surface area (Å²) < 4.78 is 26.3. The summed E-state index contributed by atoms with van der Waals surface area (Å²) >= 11 is 0. The molecule has 32 heavy (non-hydrogen) atoms. The number of nitrogens with one attached hydrogen (secondary N) is 1. The molecular weight excluding hydrogens is 430 g/mol. The molecule has 170 valence electrons. The Bertz CT molecular complexity index is 1130. The van der Waals surface area contributed by atoms with E-state index in [1.807, 2.05) is 31.2 Å². The van der Waals surface area contributed by atoms with Gasteiger partial charge in [-0.25, -0.2) is 12.7 Å². The van der Waals surface area contributed by atoms with Crippen molar-refractivity contribution in [3.8, 4) is 0 Å². The van der Waals surface area contributed by atoms with E-state index in [0.29, 0.717) is 17.3 Å². The van der Waals surface area contributed by atoms with Gasteiger partial charge in [-0.2, -0.15) is 0 Å². The zero-order chi connectivity index (χ0) is 23.5. The number of hydrogen-bond donors (Lipinski definition) is 1. The number of fused-ring (bicyclic) bond motifs is 1. The Morgan fingerprint density at radius 2 is 1.72 bits per heavy atom. The molecule has 1 heterocycles. The van der Waals surface area contributed by atoms with E-state index in [2.05, 4.69) is 5.32 Å². The Balaban J connectivity index is 1.92. The van der Waals surface area contributed by atoms with Crippen LogP contribution in [0.2, 0.25) is 0 Å². The lowest BCUT2D eigenvalue weighted by molar-refractivity contribution is -0.141. The molecule has 0 aromatic heterocycles. The first kappa shape index (κ1) is 23.5. The summed E-state index contributed by atoms with van der Waals surface area (Å²) in [6, 6.07) is 12.6. The van der Waals surface area contributed by atoms with Crippen molar-refractivity contribution in [3.05, 3.63) is 65.2 Å². The average molecular weight is 458 g/mol. The fraction of sp³-hybridized carbons (Fsp3) is 0.348. The van der Waals surface area contributed by atoms with Crippen molar-refractivity contribution >= 4 is 27.7 Å². The zero-order valence-corrected chi connectivity index (χ0v) is 19.2. The number of amides is 3. The van der Waals surface area contributed by atoms with Crippen molar-refractivity contribution in [2.75, 3.05) is 13.1 Å². The normalized spacial score (nSPS) is 15.2. The van der Waals surface area contributed by atoms with E-state index in [1.54, 1.807) is 19.9 Å². The molecule has 0 radical (unpaired) electrons. The number of nitrogens with zero attached hydrogens (tertiary/aromatic N) is 2. The van der Waals surface area contributed by atoms with Crippen molar-refractivity contribution in [1.82, 2.24) is 14.5 Å². The standard InChI is InChI=1S/C23H27N3O5S/c1-4-19(22(28)24-5-2)25(14-17-12-10-16(3)11-13-17)21(27)15-26-23(29)18-8-6-7-9-20(18)32(26,30)31/h6-13,19H,4-5,14-15H2,1-3H3,(H,24,28). The van der Waals surface area contributed by atoms with Gasteiger partial charge in [0, 0.05) is 13.1 Å². The molecule has 0 saturated carbocycles. The van der Waals surface area contributed by atoms with E-state index in [9.17, 15) is 22.8 Å². The molecule has 0 bridgehead atoms. The van der Waals surface area contributed by atoms with Crippen molar-refractivity contribution in [1.29, 1.82) is 0 Å². The molecule has 1 atom stereocenters. The van der Waals surface area contributed by atoms with Crippen LogP contribution in [0, 0.1) is 6.92 Å². The first-order valence-electron chi connectivity index (χ1n) is 10.5. The predicted octanol–water partition coefficient (Wildman–Crippen LogP) is 2.08. The molecule has 1 unspecified atom stereocenters. The molecule has 0 saturated heterocycles. The number of aryl methyl sites for hydroxylation is 1. The molecule has 1 aliphatic rings. The smallest absolute Gasteiger partial charge is 0.269 e. The summed E-state index contributed by atoms with van der Waals surface area (Å²) in [5.74, 6) is -1.68. The van der Waals surface area contributed by atoms with Gasteiger partial charge in [0.25, 0.3) is 15.9 Å². The predicted molar refractivity (Wildman–Crippen MR) is 119 cm³/mol. The summed E-state index contributed by atoms with van der Waals surface area (Å²) in [5, 5.41) is 2.73. The number of sulfonamides is 1. The highest BCUT2D eigenvalue weighted by Crippen LogP contribution is 2.30. The van der Waals surface area contributed by atoms with Crippen molar-refractivity contribution < 1.29 is 22.8 Å².